The second kappa shape index (κ2) is 10.7. The Hall–Kier alpha value is -3.76. The first-order chi connectivity index (χ1) is 16.8. The first kappa shape index (κ1) is 24.4. The lowest BCUT2D eigenvalue weighted by Crippen LogP contribution is -2.47. The lowest BCUT2D eigenvalue weighted by molar-refractivity contribution is -0.0122. The highest BCUT2D eigenvalue weighted by Crippen LogP contribution is 2.33. The summed E-state index contributed by atoms with van der Waals surface area (Å²) in [6.07, 6.45) is 3.39. The predicted molar refractivity (Wildman–Crippen MR) is 127 cm³/mol. The maximum atomic E-state index is 13.6. The molecule has 5 nitrogen and oxygen atoms in total. The fourth-order valence-corrected chi connectivity index (χ4v) is 4.15. The van der Waals surface area contributed by atoms with E-state index in [0.717, 1.165) is 12.1 Å². The molecule has 1 aliphatic rings. The summed E-state index contributed by atoms with van der Waals surface area (Å²) in [6, 6.07) is 14.5. The van der Waals surface area contributed by atoms with E-state index in [2.05, 4.69) is 22.1 Å². The second-order valence-electron chi connectivity index (χ2n) is 8.25. The van der Waals surface area contributed by atoms with E-state index < -0.39 is 35.2 Å². The third-order valence-corrected chi connectivity index (χ3v) is 5.88. The normalized spacial score (nSPS) is 19.2. The summed E-state index contributed by atoms with van der Waals surface area (Å²) >= 11 is 6.07. The fraction of sp³-hybridized carbons (Fsp3) is 0.222. The van der Waals surface area contributed by atoms with Crippen molar-refractivity contribution >= 4 is 23.5 Å². The van der Waals surface area contributed by atoms with Crippen molar-refractivity contribution in [1.82, 2.24) is 10.3 Å². The number of amides is 1. The number of rotatable bonds is 4. The minimum absolute atomic E-state index is 0.00411. The molecule has 0 unspecified atom stereocenters. The van der Waals surface area contributed by atoms with Crippen molar-refractivity contribution in [2.45, 2.75) is 37.3 Å². The Bertz CT molecular complexity index is 1310. The van der Waals surface area contributed by atoms with Gasteiger partial charge in [0.05, 0.1) is 0 Å². The Balaban J connectivity index is 1.59. The van der Waals surface area contributed by atoms with Crippen LogP contribution in [-0.4, -0.2) is 28.5 Å². The van der Waals surface area contributed by atoms with Crippen molar-refractivity contribution in [2.75, 3.05) is 0 Å². The van der Waals surface area contributed by atoms with Crippen LogP contribution in [0.2, 0.25) is 5.02 Å². The van der Waals surface area contributed by atoms with E-state index >= 15 is 0 Å². The largest absolute Gasteiger partial charge is 0.441 e. The van der Waals surface area contributed by atoms with Gasteiger partial charge >= 0.3 is 5.97 Å². The van der Waals surface area contributed by atoms with Crippen LogP contribution in [0.1, 0.15) is 52.1 Å². The third kappa shape index (κ3) is 6.23. The number of ether oxygens (including phenoxy) is 1. The molecule has 0 radical (unpaired) electrons. The smallest absolute Gasteiger partial charge is 0.358 e. The topological polar surface area (TPSA) is 68.3 Å². The molecule has 2 atom stereocenters. The number of hydrogen-bond acceptors (Lipinski definition) is 4. The molecule has 1 fully saturated rings. The number of nitrogens with one attached hydrogen (secondary N) is 1. The molecule has 1 aliphatic carbocycles. The van der Waals surface area contributed by atoms with Gasteiger partial charge in [-0.3, -0.25) is 4.79 Å². The van der Waals surface area contributed by atoms with Crippen LogP contribution < -0.4 is 5.32 Å². The first-order valence-corrected chi connectivity index (χ1v) is 11.4. The second-order valence-corrected chi connectivity index (χ2v) is 8.69. The minimum atomic E-state index is -1.19. The van der Waals surface area contributed by atoms with Crippen molar-refractivity contribution in [2.24, 2.45) is 0 Å². The number of carbonyl (C=O) groups is 2. The van der Waals surface area contributed by atoms with Crippen molar-refractivity contribution in [1.29, 1.82) is 0 Å². The van der Waals surface area contributed by atoms with Gasteiger partial charge in [0.25, 0.3) is 5.91 Å². The molecule has 1 amide bonds. The van der Waals surface area contributed by atoms with Crippen molar-refractivity contribution < 1.29 is 23.1 Å². The number of pyridine rings is 1. The number of benzene rings is 2. The van der Waals surface area contributed by atoms with Crippen molar-refractivity contribution in [3.63, 3.8) is 0 Å². The minimum Gasteiger partial charge on any atom is -0.441 e. The first-order valence-electron chi connectivity index (χ1n) is 11.0. The number of nitrogens with zero attached hydrogens (tertiary/aromatic N) is 1. The molecule has 4 rings (SSSR count). The summed E-state index contributed by atoms with van der Waals surface area (Å²) in [5.74, 6) is 2.82. The van der Waals surface area contributed by atoms with E-state index in [0.29, 0.717) is 29.8 Å². The SMILES string of the molecule is O=C(N[C@H]1CCC[C@](C#Cc2cccc(Cl)c2)(OC(=O)c2ccccn2)C1)c1ccc(F)c(F)c1. The van der Waals surface area contributed by atoms with Crippen molar-refractivity contribution in [3.05, 3.63) is 100 Å². The van der Waals surface area contributed by atoms with Crippen LogP contribution in [0.15, 0.2) is 66.9 Å². The molecule has 3 aromatic rings. The maximum absolute atomic E-state index is 13.6. The van der Waals surface area contributed by atoms with Gasteiger partial charge in [0.2, 0.25) is 0 Å². The molecule has 1 saturated carbocycles. The quantitative estimate of drug-likeness (QED) is 0.393. The number of halogens is 3. The summed E-state index contributed by atoms with van der Waals surface area (Å²) in [6.45, 7) is 0. The number of aromatic nitrogens is 1. The van der Waals surface area contributed by atoms with E-state index in [-0.39, 0.29) is 17.7 Å². The van der Waals surface area contributed by atoms with Crippen LogP contribution >= 0.6 is 11.6 Å². The summed E-state index contributed by atoms with van der Waals surface area (Å²) in [5, 5.41) is 3.36. The molecule has 1 N–H and O–H groups in total. The molecule has 0 aliphatic heterocycles. The van der Waals surface area contributed by atoms with E-state index in [1.807, 2.05) is 0 Å². The zero-order chi connectivity index (χ0) is 24.8. The molecule has 0 bridgehead atoms. The van der Waals surface area contributed by atoms with Gasteiger partial charge in [-0.05, 0) is 73.7 Å². The highest BCUT2D eigenvalue weighted by atomic mass is 35.5. The van der Waals surface area contributed by atoms with Crippen LogP contribution in [0.4, 0.5) is 8.78 Å². The monoisotopic (exact) mass is 494 g/mol. The van der Waals surface area contributed by atoms with Gasteiger partial charge in [-0.1, -0.05) is 29.7 Å². The summed E-state index contributed by atoms with van der Waals surface area (Å²) < 4.78 is 32.7. The van der Waals surface area contributed by atoms with Crippen LogP contribution in [0.3, 0.4) is 0 Å². The molecule has 8 heteroatoms. The van der Waals surface area contributed by atoms with Gasteiger partial charge in [0, 0.05) is 34.8 Å². The summed E-state index contributed by atoms with van der Waals surface area (Å²) in [7, 11) is 0. The molecular formula is C27H21ClF2N2O3. The van der Waals surface area contributed by atoms with Gasteiger partial charge in [0.1, 0.15) is 5.69 Å². The average molecular weight is 495 g/mol. The summed E-state index contributed by atoms with van der Waals surface area (Å²) in [4.78, 5) is 29.6. The molecule has 0 saturated heterocycles. The fourth-order valence-electron chi connectivity index (χ4n) is 3.96. The molecule has 2 aromatic carbocycles. The molecule has 0 spiro atoms. The Morgan fingerprint density at radius 1 is 1.09 bits per heavy atom. The summed E-state index contributed by atoms with van der Waals surface area (Å²) in [5.41, 5.74) is -0.403. The highest BCUT2D eigenvalue weighted by Gasteiger charge is 2.40. The lowest BCUT2D eigenvalue weighted by Gasteiger charge is -2.36. The van der Waals surface area contributed by atoms with Crippen LogP contribution in [-0.2, 0) is 4.74 Å². The third-order valence-electron chi connectivity index (χ3n) is 5.65. The molecule has 1 heterocycles. The Kier molecular flexibility index (Phi) is 7.42. The van der Waals surface area contributed by atoms with Crippen LogP contribution in [0, 0.1) is 23.5 Å². The van der Waals surface area contributed by atoms with E-state index in [9.17, 15) is 18.4 Å². The standard InChI is InChI=1S/C27H21ClF2N2O3/c28-20-6-3-5-18(15-20)11-13-27(35-26(34)24-8-1-2-14-31-24)12-4-7-21(17-27)32-25(33)19-9-10-22(29)23(30)16-19/h1-3,5-6,8-10,14-16,21H,4,7,12,17H2,(H,32,33)/t21-,27+/m0/s1. The van der Waals surface area contributed by atoms with Gasteiger partial charge in [-0.15, -0.1) is 0 Å². The highest BCUT2D eigenvalue weighted by molar-refractivity contribution is 6.30. The van der Waals surface area contributed by atoms with E-state index in [1.165, 1.54) is 12.3 Å². The van der Waals surface area contributed by atoms with E-state index in [1.54, 1.807) is 42.5 Å². The van der Waals surface area contributed by atoms with Crippen LogP contribution in [0.25, 0.3) is 0 Å². The molecule has 178 valence electrons. The van der Waals surface area contributed by atoms with Gasteiger partial charge < -0.3 is 10.1 Å². The Morgan fingerprint density at radius 3 is 2.69 bits per heavy atom. The van der Waals surface area contributed by atoms with Crippen molar-refractivity contribution in [3.8, 4) is 11.8 Å². The van der Waals surface area contributed by atoms with E-state index in [4.69, 9.17) is 16.3 Å². The zero-order valence-electron chi connectivity index (χ0n) is 18.6. The van der Waals surface area contributed by atoms with Gasteiger partial charge in [-0.25, -0.2) is 18.6 Å². The Labute approximate surface area is 206 Å². The predicted octanol–water partition coefficient (Wildman–Crippen LogP) is 5.33. The average Bonchev–Trinajstić information content (AvgIpc) is 2.85. The maximum Gasteiger partial charge on any atom is 0.358 e. The number of esters is 1. The Morgan fingerprint density at radius 2 is 1.94 bits per heavy atom. The van der Waals surface area contributed by atoms with Gasteiger partial charge in [-0.2, -0.15) is 0 Å². The number of hydrogen-bond donors (Lipinski definition) is 1. The molecule has 1 aromatic heterocycles. The lowest BCUT2D eigenvalue weighted by atomic mass is 9.81. The molecular weight excluding hydrogens is 474 g/mol. The molecule has 35 heavy (non-hydrogen) atoms. The number of carbonyl (C=O) groups excluding carboxylic acids is 2. The zero-order valence-corrected chi connectivity index (χ0v) is 19.3. The van der Waals surface area contributed by atoms with Crippen LogP contribution in [0.5, 0.6) is 0 Å². The van der Waals surface area contributed by atoms with Gasteiger partial charge in [0.15, 0.2) is 17.2 Å².